The summed E-state index contributed by atoms with van der Waals surface area (Å²) >= 11 is 6.08. The molecule has 2 aromatic rings. The fourth-order valence-corrected chi connectivity index (χ4v) is 3.02. The van der Waals surface area contributed by atoms with E-state index in [2.05, 4.69) is 22.3 Å². The lowest BCUT2D eigenvalue weighted by Gasteiger charge is -2.27. The van der Waals surface area contributed by atoms with Gasteiger partial charge in [-0.15, -0.1) is 0 Å². The van der Waals surface area contributed by atoms with Crippen LogP contribution in [0.3, 0.4) is 0 Å². The van der Waals surface area contributed by atoms with Gasteiger partial charge in [-0.1, -0.05) is 48.0 Å². The molecule has 3 rings (SSSR count). The molecular weight excluding hydrogens is 324 g/mol. The van der Waals surface area contributed by atoms with Gasteiger partial charge in [0.25, 0.3) is 5.91 Å². The first-order chi connectivity index (χ1) is 11.7. The molecule has 24 heavy (non-hydrogen) atoms. The Labute approximate surface area is 147 Å². The SMILES string of the molecule is O=C(NCc1ccccc1CN1CCOCC1)c1ccccc1Cl. The number of amides is 1. The number of nitrogens with zero attached hydrogens (tertiary/aromatic N) is 1. The summed E-state index contributed by atoms with van der Waals surface area (Å²) in [6.45, 7) is 4.82. The first kappa shape index (κ1) is 17.0. The fraction of sp³-hybridized carbons (Fsp3) is 0.316. The van der Waals surface area contributed by atoms with Crippen LogP contribution >= 0.6 is 11.6 Å². The largest absolute Gasteiger partial charge is 0.379 e. The van der Waals surface area contributed by atoms with Crippen molar-refractivity contribution >= 4 is 17.5 Å². The van der Waals surface area contributed by atoms with Gasteiger partial charge in [-0.2, -0.15) is 0 Å². The summed E-state index contributed by atoms with van der Waals surface area (Å²) in [6.07, 6.45) is 0. The Hall–Kier alpha value is -1.88. The van der Waals surface area contributed by atoms with Crippen LogP contribution in [-0.4, -0.2) is 37.1 Å². The zero-order valence-electron chi connectivity index (χ0n) is 13.5. The average molecular weight is 345 g/mol. The Morgan fingerprint density at radius 3 is 2.46 bits per heavy atom. The van der Waals surface area contributed by atoms with E-state index < -0.39 is 0 Å². The Balaban J connectivity index is 1.64. The molecule has 1 N–H and O–H groups in total. The van der Waals surface area contributed by atoms with Crippen molar-refractivity contribution in [2.45, 2.75) is 13.1 Å². The molecule has 1 fully saturated rings. The van der Waals surface area contributed by atoms with Crippen LogP contribution < -0.4 is 5.32 Å². The van der Waals surface area contributed by atoms with E-state index in [1.807, 2.05) is 24.3 Å². The highest BCUT2D eigenvalue weighted by Crippen LogP contribution is 2.16. The molecule has 0 bridgehead atoms. The normalized spacial score (nSPS) is 15.2. The lowest BCUT2D eigenvalue weighted by molar-refractivity contribution is 0.0340. The number of hydrogen-bond acceptors (Lipinski definition) is 3. The van der Waals surface area contributed by atoms with Crippen LogP contribution in [0.2, 0.25) is 5.02 Å². The van der Waals surface area contributed by atoms with Crippen LogP contribution in [0, 0.1) is 0 Å². The predicted octanol–water partition coefficient (Wildman–Crippen LogP) is 3.10. The Bertz CT molecular complexity index is 699. The molecule has 1 heterocycles. The minimum atomic E-state index is -0.151. The maximum atomic E-state index is 12.3. The zero-order valence-corrected chi connectivity index (χ0v) is 14.3. The van der Waals surface area contributed by atoms with E-state index in [4.69, 9.17) is 16.3 Å². The number of morpholine rings is 1. The van der Waals surface area contributed by atoms with Crippen molar-refractivity contribution < 1.29 is 9.53 Å². The average Bonchev–Trinajstić information content (AvgIpc) is 2.62. The van der Waals surface area contributed by atoms with Crippen LogP contribution in [0.25, 0.3) is 0 Å². The van der Waals surface area contributed by atoms with Gasteiger partial charge in [0.05, 0.1) is 23.8 Å². The van der Waals surface area contributed by atoms with Crippen molar-refractivity contribution in [3.05, 3.63) is 70.2 Å². The molecule has 1 amide bonds. The molecule has 1 aliphatic rings. The monoisotopic (exact) mass is 344 g/mol. The molecule has 0 radical (unpaired) electrons. The van der Waals surface area contributed by atoms with Crippen molar-refractivity contribution in [2.75, 3.05) is 26.3 Å². The second-order valence-electron chi connectivity index (χ2n) is 5.82. The van der Waals surface area contributed by atoms with Crippen molar-refractivity contribution in [2.24, 2.45) is 0 Å². The lowest BCUT2D eigenvalue weighted by Crippen LogP contribution is -2.36. The van der Waals surface area contributed by atoms with E-state index in [1.165, 1.54) is 5.56 Å². The van der Waals surface area contributed by atoms with Crippen LogP contribution in [0.1, 0.15) is 21.5 Å². The van der Waals surface area contributed by atoms with E-state index in [0.717, 1.165) is 38.4 Å². The smallest absolute Gasteiger partial charge is 0.253 e. The summed E-state index contributed by atoms with van der Waals surface area (Å²) in [4.78, 5) is 14.7. The van der Waals surface area contributed by atoms with Gasteiger partial charge in [-0.25, -0.2) is 0 Å². The van der Waals surface area contributed by atoms with Crippen LogP contribution in [-0.2, 0) is 17.8 Å². The minimum absolute atomic E-state index is 0.151. The van der Waals surface area contributed by atoms with Crippen molar-refractivity contribution in [3.8, 4) is 0 Å². The molecule has 1 saturated heterocycles. The summed E-state index contributed by atoms with van der Waals surface area (Å²) < 4.78 is 5.40. The Morgan fingerprint density at radius 2 is 1.71 bits per heavy atom. The third kappa shape index (κ3) is 4.35. The number of benzene rings is 2. The molecule has 0 aromatic heterocycles. The number of rotatable bonds is 5. The van der Waals surface area contributed by atoms with Crippen molar-refractivity contribution in [3.63, 3.8) is 0 Å². The molecule has 0 spiro atoms. The summed E-state index contributed by atoms with van der Waals surface area (Å²) in [5.41, 5.74) is 2.87. The van der Waals surface area contributed by atoms with Crippen LogP contribution in [0.15, 0.2) is 48.5 Å². The molecule has 0 atom stereocenters. The second-order valence-corrected chi connectivity index (χ2v) is 6.23. The van der Waals surface area contributed by atoms with Gasteiger partial charge in [0.15, 0.2) is 0 Å². The minimum Gasteiger partial charge on any atom is -0.379 e. The summed E-state index contributed by atoms with van der Waals surface area (Å²) in [7, 11) is 0. The van der Waals surface area contributed by atoms with E-state index in [0.29, 0.717) is 17.1 Å². The standard InChI is InChI=1S/C19H21ClN2O2/c20-18-8-4-3-7-17(18)19(23)21-13-15-5-1-2-6-16(15)14-22-9-11-24-12-10-22/h1-8H,9-14H2,(H,21,23). The van der Waals surface area contributed by atoms with Gasteiger partial charge in [-0.3, -0.25) is 9.69 Å². The lowest BCUT2D eigenvalue weighted by atomic mass is 10.1. The van der Waals surface area contributed by atoms with E-state index in [-0.39, 0.29) is 5.91 Å². The fourth-order valence-electron chi connectivity index (χ4n) is 2.80. The number of carbonyl (C=O) groups is 1. The van der Waals surface area contributed by atoms with Gasteiger partial charge in [0, 0.05) is 26.2 Å². The summed E-state index contributed by atoms with van der Waals surface area (Å²) in [5.74, 6) is -0.151. The van der Waals surface area contributed by atoms with Gasteiger partial charge in [0.2, 0.25) is 0 Å². The molecule has 4 nitrogen and oxygen atoms in total. The third-order valence-corrected chi connectivity index (χ3v) is 4.50. The number of hydrogen-bond donors (Lipinski definition) is 1. The molecular formula is C19H21ClN2O2. The van der Waals surface area contributed by atoms with Gasteiger partial charge in [-0.05, 0) is 23.3 Å². The third-order valence-electron chi connectivity index (χ3n) is 4.17. The van der Waals surface area contributed by atoms with E-state index >= 15 is 0 Å². The molecule has 0 saturated carbocycles. The molecule has 5 heteroatoms. The Morgan fingerprint density at radius 1 is 1.04 bits per heavy atom. The molecule has 126 valence electrons. The molecule has 1 aliphatic heterocycles. The molecule has 0 unspecified atom stereocenters. The highest BCUT2D eigenvalue weighted by molar-refractivity contribution is 6.33. The van der Waals surface area contributed by atoms with Crippen LogP contribution in [0.4, 0.5) is 0 Å². The van der Waals surface area contributed by atoms with E-state index in [1.54, 1.807) is 12.1 Å². The number of carbonyl (C=O) groups excluding carboxylic acids is 1. The highest BCUT2D eigenvalue weighted by Gasteiger charge is 2.14. The molecule has 2 aromatic carbocycles. The maximum Gasteiger partial charge on any atom is 0.253 e. The number of halogens is 1. The van der Waals surface area contributed by atoms with E-state index in [9.17, 15) is 4.79 Å². The molecule has 0 aliphatic carbocycles. The van der Waals surface area contributed by atoms with Gasteiger partial charge >= 0.3 is 0 Å². The zero-order chi connectivity index (χ0) is 16.8. The first-order valence-electron chi connectivity index (χ1n) is 8.13. The summed E-state index contributed by atoms with van der Waals surface area (Å²) in [6, 6.07) is 15.3. The maximum absolute atomic E-state index is 12.3. The Kier molecular flexibility index (Phi) is 5.86. The number of ether oxygens (including phenoxy) is 1. The van der Waals surface area contributed by atoms with Gasteiger partial charge < -0.3 is 10.1 Å². The van der Waals surface area contributed by atoms with Crippen molar-refractivity contribution in [1.29, 1.82) is 0 Å². The predicted molar refractivity (Wildman–Crippen MR) is 95.2 cm³/mol. The second kappa shape index (κ2) is 8.29. The van der Waals surface area contributed by atoms with Crippen molar-refractivity contribution in [1.82, 2.24) is 10.2 Å². The highest BCUT2D eigenvalue weighted by atomic mass is 35.5. The van der Waals surface area contributed by atoms with Crippen LogP contribution in [0.5, 0.6) is 0 Å². The summed E-state index contributed by atoms with van der Waals surface area (Å²) in [5, 5.41) is 3.44. The first-order valence-corrected chi connectivity index (χ1v) is 8.51. The number of nitrogens with one attached hydrogen (secondary N) is 1. The topological polar surface area (TPSA) is 41.6 Å². The van der Waals surface area contributed by atoms with Gasteiger partial charge in [0.1, 0.15) is 0 Å². The quantitative estimate of drug-likeness (QED) is 0.906.